The summed E-state index contributed by atoms with van der Waals surface area (Å²) in [6.45, 7) is 0. The normalized spacial score (nSPS) is 10.2. The number of hydrogen-bond donors (Lipinski definition) is 0. The van der Waals surface area contributed by atoms with E-state index in [1.807, 2.05) is 18.2 Å². The lowest BCUT2D eigenvalue weighted by atomic mass is 10.3. The highest BCUT2D eigenvalue weighted by Gasteiger charge is 2.07. The zero-order valence-corrected chi connectivity index (χ0v) is 6.81. The molecule has 3 heteroatoms. The number of aromatic nitrogens is 1. The molecule has 0 aromatic carbocycles. The van der Waals surface area contributed by atoms with Crippen LogP contribution in [0, 0.1) is 0 Å². The summed E-state index contributed by atoms with van der Waals surface area (Å²) in [5.74, 6) is -0.494. The van der Waals surface area contributed by atoms with Gasteiger partial charge in [0.15, 0.2) is 6.29 Å². The Balaban J connectivity index is 2.71. The Morgan fingerprint density at radius 3 is 2.85 bits per heavy atom. The van der Waals surface area contributed by atoms with Crippen LogP contribution in [0.25, 0.3) is 5.52 Å². The maximum Gasteiger partial charge on any atom is 0.242 e. The SMILES string of the molecule is O=CC(=O)c1ccc2ccccn12. The highest BCUT2D eigenvalue weighted by atomic mass is 16.2. The van der Waals surface area contributed by atoms with E-state index in [0.717, 1.165) is 5.52 Å². The van der Waals surface area contributed by atoms with Crippen molar-refractivity contribution in [3.63, 3.8) is 0 Å². The Kier molecular flexibility index (Phi) is 1.70. The molecule has 0 bridgehead atoms. The average molecular weight is 173 g/mol. The van der Waals surface area contributed by atoms with Crippen LogP contribution in [0.2, 0.25) is 0 Å². The first-order valence-electron chi connectivity index (χ1n) is 3.88. The molecule has 3 nitrogen and oxygen atoms in total. The molecule has 2 aromatic rings. The van der Waals surface area contributed by atoms with Crippen LogP contribution in [0.15, 0.2) is 36.5 Å². The van der Waals surface area contributed by atoms with E-state index >= 15 is 0 Å². The van der Waals surface area contributed by atoms with Crippen molar-refractivity contribution in [3.8, 4) is 0 Å². The molecule has 0 N–H and O–H groups in total. The lowest BCUT2D eigenvalue weighted by Crippen LogP contribution is -2.03. The van der Waals surface area contributed by atoms with Crippen LogP contribution < -0.4 is 0 Å². The summed E-state index contributed by atoms with van der Waals surface area (Å²) in [5, 5.41) is 0. The molecule has 0 amide bonds. The predicted octanol–water partition coefficient (Wildman–Crippen LogP) is 1.32. The number of carbonyl (C=O) groups is 2. The minimum atomic E-state index is -0.494. The monoisotopic (exact) mass is 173 g/mol. The number of pyridine rings is 1. The van der Waals surface area contributed by atoms with Gasteiger partial charge in [0.25, 0.3) is 0 Å². The quantitative estimate of drug-likeness (QED) is 0.390. The van der Waals surface area contributed by atoms with E-state index in [9.17, 15) is 9.59 Å². The second-order valence-electron chi connectivity index (χ2n) is 2.70. The van der Waals surface area contributed by atoms with Crippen molar-refractivity contribution in [2.45, 2.75) is 0 Å². The number of ketones is 1. The van der Waals surface area contributed by atoms with E-state index in [0.29, 0.717) is 12.0 Å². The van der Waals surface area contributed by atoms with Gasteiger partial charge in [-0.2, -0.15) is 0 Å². The maximum absolute atomic E-state index is 11.1. The second-order valence-corrected chi connectivity index (χ2v) is 2.70. The molecule has 2 rings (SSSR count). The Morgan fingerprint density at radius 2 is 2.08 bits per heavy atom. The fourth-order valence-corrected chi connectivity index (χ4v) is 1.32. The Labute approximate surface area is 74.6 Å². The topological polar surface area (TPSA) is 38.5 Å². The van der Waals surface area contributed by atoms with E-state index in [1.54, 1.807) is 22.7 Å². The van der Waals surface area contributed by atoms with Crippen LogP contribution in [0.1, 0.15) is 10.5 Å². The van der Waals surface area contributed by atoms with Crippen molar-refractivity contribution in [3.05, 3.63) is 42.2 Å². The first-order valence-corrected chi connectivity index (χ1v) is 3.88. The third kappa shape index (κ3) is 1.14. The van der Waals surface area contributed by atoms with Gasteiger partial charge < -0.3 is 4.40 Å². The van der Waals surface area contributed by atoms with Crippen LogP contribution in [0.3, 0.4) is 0 Å². The number of fused-ring (bicyclic) bond motifs is 1. The summed E-state index contributed by atoms with van der Waals surface area (Å²) in [7, 11) is 0. The van der Waals surface area contributed by atoms with E-state index < -0.39 is 5.78 Å². The highest BCUT2D eigenvalue weighted by molar-refractivity contribution is 6.32. The van der Waals surface area contributed by atoms with E-state index in [2.05, 4.69) is 0 Å². The molecular weight excluding hydrogens is 166 g/mol. The number of rotatable bonds is 2. The molecule has 0 aliphatic carbocycles. The van der Waals surface area contributed by atoms with Gasteiger partial charge in [-0.05, 0) is 24.3 Å². The fourth-order valence-electron chi connectivity index (χ4n) is 1.32. The second kappa shape index (κ2) is 2.86. The van der Waals surface area contributed by atoms with Crippen molar-refractivity contribution in [1.82, 2.24) is 4.40 Å². The van der Waals surface area contributed by atoms with E-state index in [1.165, 1.54) is 0 Å². The van der Waals surface area contributed by atoms with Crippen LogP contribution in [0.4, 0.5) is 0 Å². The van der Waals surface area contributed by atoms with Crippen molar-refractivity contribution < 1.29 is 9.59 Å². The molecule has 0 aliphatic heterocycles. The van der Waals surface area contributed by atoms with Gasteiger partial charge in [-0.15, -0.1) is 0 Å². The zero-order valence-electron chi connectivity index (χ0n) is 6.81. The Morgan fingerprint density at radius 1 is 1.23 bits per heavy atom. The molecule has 0 saturated carbocycles. The largest absolute Gasteiger partial charge is 0.314 e. The van der Waals surface area contributed by atoms with Gasteiger partial charge in [0.05, 0.1) is 5.69 Å². The van der Waals surface area contributed by atoms with E-state index in [4.69, 9.17) is 0 Å². The smallest absolute Gasteiger partial charge is 0.242 e. The predicted molar refractivity (Wildman–Crippen MR) is 47.8 cm³/mol. The summed E-state index contributed by atoms with van der Waals surface area (Å²) < 4.78 is 1.69. The molecule has 0 aliphatic rings. The minimum Gasteiger partial charge on any atom is -0.314 e. The highest BCUT2D eigenvalue weighted by Crippen LogP contribution is 2.09. The lowest BCUT2D eigenvalue weighted by molar-refractivity contribution is -0.104. The number of carbonyl (C=O) groups excluding carboxylic acids is 2. The third-order valence-corrected chi connectivity index (χ3v) is 1.92. The molecule has 64 valence electrons. The first kappa shape index (κ1) is 7.73. The summed E-state index contributed by atoms with van der Waals surface area (Å²) in [5.41, 5.74) is 1.32. The molecule has 13 heavy (non-hydrogen) atoms. The molecule has 2 heterocycles. The molecule has 2 aromatic heterocycles. The van der Waals surface area contributed by atoms with E-state index in [-0.39, 0.29) is 0 Å². The Hall–Kier alpha value is -1.90. The van der Waals surface area contributed by atoms with Crippen molar-refractivity contribution in [2.75, 3.05) is 0 Å². The molecule has 0 radical (unpaired) electrons. The summed E-state index contributed by atoms with van der Waals surface area (Å²) >= 11 is 0. The molecular formula is C10H7NO2. The summed E-state index contributed by atoms with van der Waals surface area (Å²) in [6.07, 6.45) is 2.08. The van der Waals surface area contributed by atoms with Crippen molar-refractivity contribution >= 4 is 17.6 Å². The third-order valence-electron chi connectivity index (χ3n) is 1.92. The number of aldehydes is 1. The molecule has 0 spiro atoms. The average Bonchev–Trinajstić information content (AvgIpc) is 2.60. The summed E-state index contributed by atoms with van der Waals surface area (Å²) in [6, 6.07) is 9.02. The van der Waals surface area contributed by atoms with Gasteiger partial charge in [0.2, 0.25) is 5.78 Å². The van der Waals surface area contributed by atoms with Gasteiger partial charge >= 0.3 is 0 Å². The number of Topliss-reactive ketones (excluding diaryl/α,β-unsaturated/α-hetero) is 1. The number of nitrogens with zero attached hydrogens (tertiary/aromatic N) is 1. The molecule has 0 unspecified atom stereocenters. The standard InChI is InChI=1S/C10H7NO2/c12-7-10(13)9-5-4-8-3-1-2-6-11(8)9/h1-7H. The fraction of sp³-hybridized carbons (Fsp3) is 0. The van der Waals surface area contributed by atoms with Crippen LogP contribution in [0.5, 0.6) is 0 Å². The maximum atomic E-state index is 11.1. The van der Waals surface area contributed by atoms with Gasteiger partial charge in [0, 0.05) is 11.7 Å². The van der Waals surface area contributed by atoms with Gasteiger partial charge in [0.1, 0.15) is 0 Å². The molecule has 0 atom stereocenters. The van der Waals surface area contributed by atoms with Gasteiger partial charge in [-0.1, -0.05) is 6.07 Å². The van der Waals surface area contributed by atoms with Crippen LogP contribution in [-0.2, 0) is 4.79 Å². The van der Waals surface area contributed by atoms with Crippen molar-refractivity contribution in [1.29, 1.82) is 0 Å². The van der Waals surface area contributed by atoms with Gasteiger partial charge in [-0.25, -0.2) is 0 Å². The Bertz CT molecular complexity index is 470. The minimum absolute atomic E-state index is 0.328. The molecule has 0 saturated heterocycles. The zero-order chi connectivity index (χ0) is 9.26. The first-order chi connectivity index (χ1) is 6.33. The van der Waals surface area contributed by atoms with Gasteiger partial charge in [-0.3, -0.25) is 9.59 Å². The van der Waals surface area contributed by atoms with Crippen LogP contribution >= 0.6 is 0 Å². The van der Waals surface area contributed by atoms with Crippen LogP contribution in [-0.4, -0.2) is 16.5 Å². The molecule has 0 fully saturated rings. The summed E-state index contributed by atoms with van der Waals surface area (Å²) in [4.78, 5) is 21.4. The lowest BCUT2D eigenvalue weighted by Gasteiger charge is -1.96. The number of hydrogen-bond acceptors (Lipinski definition) is 2. The van der Waals surface area contributed by atoms with Crippen molar-refractivity contribution in [2.24, 2.45) is 0 Å².